The van der Waals surface area contributed by atoms with Crippen molar-refractivity contribution in [3.63, 3.8) is 0 Å². The van der Waals surface area contributed by atoms with Crippen molar-refractivity contribution in [3.8, 4) is 0 Å². The van der Waals surface area contributed by atoms with E-state index in [1.807, 2.05) is 24.3 Å². The molecule has 1 heterocycles. The number of aryl methyl sites for hydroxylation is 1. The Labute approximate surface area is 104 Å². The van der Waals surface area contributed by atoms with E-state index < -0.39 is 0 Å². The number of nitrogens with zero attached hydrogens (tertiary/aromatic N) is 1. The predicted molar refractivity (Wildman–Crippen MR) is 69.8 cm³/mol. The molecule has 5 nitrogen and oxygen atoms in total. The molecule has 0 bridgehead atoms. The van der Waals surface area contributed by atoms with Crippen molar-refractivity contribution in [2.45, 2.75) is 19.4 Å². The number of hydrogen-bond acceptors (Lipinski definition) is 3. The Hall–Kier alpha value is -2.14. The van der Waals surface area contributed by atoms with Crippen LogP contribution in [-0.4, -0.2) is 10.5 Å². The van der Waals surface area contributed by atoms with Gasteiger partial charge in [0.1, 0.15) is 0 Å². The zero-order valence-electron chi connectivity index (χ0n) is 9.93. The molecule has 0 aliphatic heterocycles. The highest BCUT2D eigenvalue weighted by Crippen LogP contribution is 2.08. The fraction of sp³-hybridized carbons (Fsp3) is 0.231. The minimum absolute atomic E-state index is 0.0266. The average Bonchev–Trinajstić information content (AvgIpc) is 2.41. The lowest BCUT2D eigenvalue weighted by Crippen LogP contribution is -2.30. The molecule has 2 rings (SSSR count). The summed E-state index contributed by atoms with van der Waals surface area (Å²) >= 11 is 0. The van der Waals surface area contributed by atoms with Crippen LogP contribution in [0.2, 0.25) is 0 Å². The number of nitrogens with one attached hydrogen (secondary N) is 1. The van der Waals surface area contributed by atoms with Crippen molar-refractivity contribution >= 4 is 16.7 Å². The number of benzene rings is 1. The van der Waals surface area contributed by atoms with E-state index in [1.54, 1.807) is 16.8 Å². The molecule has 0 spiro atoms. The van der Waals surface area contributed by atoms with Gasteiger partial charge in [-0.3, -0.25) is 15.0 Å². The highest BCUT2D eigenvalue weighted by molar-refractivity contribution is 5.81. The molecule has 0 aliphatic rings. The van der Waals surface area contributed by atoms with Gasteiger partial charge >= 0.3 is 0 Å². The molecule has 0 saturated carbocycles. The van der Waals surface area contributed by atoms with Gasteiger partial charge in [-0.1, -0.05) is 18.2 Å². The SMILES string of the molecule is NNC(=O)CCCn1ccc2ccccc2c1=O. The zero-order chi connectivity index (χ0) is 13.0. The molecular formula is C13H15N3O2. The van der Waals surface area contributed by atoms with Gasteiger partial charge in [0.25, 0.3) is 5.56 Å². The quantitative estimate of drug-likeness (QED) is 0.474. The molecule has 1 aromatic heterocycles. The van der Waals surface area contributed by atoms with Crippen LogP contribution in [0.1, 0.15) is 12.8 Å². The standard InChI is InChI=1S/C13H15N3O2/c14-15-12(17)6-3-8-16-9-7-10-4-1-2-5-11(10)13(16)18/h1-2,4-5,7,9H,3,6,8,14H2,(H,15,17). The van der Waals surface area contributed by atoms with Gasteiger partial charge in [-0.15, -0.1) is 0 Å². The van der Waals surface area contributed by atoms with E-state index in [0.29, 0.717) is 24.8 Å². The summed E-state index contributed by atoms with van der Waals surface area (Å²) in [6.45, 7) is 0.511. The van der Waals surface area contributed by atoms with Gasteiger partial charge in [0.2, 0.25) is 5.91 Å². The van der Waals surface area contributed by atoms with Crippen LogP contribution >= 0.6 is 0 Å². The van der Waals surface area contributed by atoms with E-state index in [-0.39, 0.29) is 11.5 Å². The first-order valence-corrected chi connectivity index (χ1v) is 5.80. The number of amides is 1. The third-order valence-corrected chi connectivity index (χ3v) is 2.85. The number of carbonyl (C=O) groups is 1. The fourth-order valence-corrected chi connectivity index (χ4v) is 1.89. The molecule has 1 amide bonds. The van der Waals surface area contributed by atoms with Crippen LogP contribution < -0.4 is 16.8 Å². The van der Waals surface area contributed by atoms with E-state index in [0.717, 1.165) is 5.39 Å². The molecule has 18 heavy (non-hydrogen) atoms. The number of hydrazine groups is 1. The summed E-state index contributed by atoms with van der Waals surface area (Å²) in [4.78, 5) is 23.1. The Kier molecular flexibility index (Phi) is 3.74. The third kappa shape index (κ3) is 2.57. The highest BCUT2D eigenvalue weighted by Gasteiger charge is 2.03. The number of pyridine rings is 1. The van der Waals surface area contributed by atoms with Gasteiger partial charge in [0, 0.05) is 24.5 Å². The fourth-order valence-electron chi connectivity index (χ4n) is 1.89. The maximum atomic E-state index is 12.1. The van der Waals surface area contributed by atoms with Crippen LogP contribution in [-0.2, 0) is 11.3 Å². The molecule has 0 radical (unpaired) electrons. The summed E-state index contributed by atoms with van der Waals surface area (Å²) in [5.74, 6) is 4.77. The van der Waals surface area contributed by atoms with Gasteiger partial charge < -0.3 is 4.57 Å². The van der Waals surface area contributed by atoms with E-state index in [4.69, 9.17) is 5.84 Å². The molecule has 0 fully saturated rings. The third-order valence-electron chi connectivity index (χ3n) is 2.85. The van der Waals surface area contributed by atoms with Gasteiger partial charge in [0.05, 0.1) is 0 Å². The Morgan fingerprint density at radius 1 is 1.28 bits per heavy atom. The Balaban J connectivity index is 2.17. The van der Waals surface area contributed by atoms with Crippen LogP contribution in [0, 0.1) is 0 Å². The van der Waals surface area contributed by atoms with E-state index >= 15 is 0 Å². The Morgan fingerprint density at radius 3 is 2.83 bits per heavy atom. The molecule has 1 aromatic carbocycles. The lowest BCUT2D eigenvalue weighted by molar-refractivity contribution is -0.121. The molecule has 0 atom stereocenters. The molecule has 2 aromatic rings. The number of nitrogens with two attached hydrogens (primary N) is 1. The largest absolute Gasteiger partial charge is 0.315 e. The Bertz CT molecular complexity index is 619. The monoisotopic (exact) mass is 245 g/mol. The van der Waals surface area contributed by atoms with E-state index in [9.17, 15) is 9.59 Å². The normalized spacial score (nSPS) is 10.5. The lowest BCUT2D eigenvalue weighted by atomic mass is 10.2. The highest BCUT2D eigenvalue weighted by atomic mass is 16.2. The first-order chi connectivity index (χ1) is 8.72. The second-order valence-corrected chi connectivity index (χ2v) is 4.07. The van der Waals surface area contributed by atoms with Crippen LogP contribution in [0.4, 0.5) is 0 Å². The first-order valence-electron chi connectivity index (χ1n) is 5.80. The molecule has 0 unspecified atom stereocenters. The number of fused-ring (bicyclic) bond motifs is 1. The van der Waals surface area contributed by atoms with Crippen LogP contribution in [0.5, 0.6) is 0 Å². The van der Waals surface area contributed by atoms with Crippen LogP contribution in [0.25, 0.3) is 10.8 Å². The van der Waals surface area contributed by atoms with Gasteiger partial charge in [-0.05, 0) is 23.9 Å². The van der Waals surface area contributed by atoms with Crippen molar-refractivity contribution in [3.05, 3.63) is 46.9 Å². The average molecular weight is 245 g/mol. The summed E-state index contributed by atoms with van der Waals surface area (Å²) in [6, 6.07) is 9.36. The topological polar surface area (TPSA) is 77.1 Å². The minimum atomic E-state index is -0.219. The van der Waals surface area contributed by atoms with Crippen molar-refractivity contribution in [1.29, 1.82) is 0 Å². The van der Waals surface area contributed by atoms with Crippen molar-refractivity contribution in [2.75, 3.05) is 0 Å². The van der Waals surface area contributed by atoms with Crippen LogP contribution in [0.3, 0.4) is 0 Å². The summed E-state index contributed by atoms with van der Waals surface area (Å²) in [7, 11) is 0. The number of carbonyl (C=O) groups excluding carboxylic acids is 1. The lowest BCUT2D eigenvalue weighted by Gasteiger charge is -2.06. The summed E-state index contributed by atoms with van der Waals surface area (Å²) in [6.07, 6.45) is 2.65. The summed E-state index contributed by atoms with van der Waals surface area (Å²) in [5.41, 5.74) is 2.04. The smallest absolute Gasteiger partial charge is 0.258 e. The second-order valence-electron chi connectivity index (χ2n) is 4.07. The summed E-state index contributed by atoms with van der Waals surface area (Å²) in [5, 5.41) is 1.63. The minimum Gasteiger partial charge on any atom is -0.315 e. The first kappa shape index (κ1) is 12.3. The zero-order valence-corrected chi connectivity index (χ0v) is 9.93. The molecule has 0 aliphatic carbocycles. The number of aromatic nitrogens is 1. The summed E-state index contributed by atoms with van der Waals surface area (Å²) < 4.78 is 1.62. The van der Waals surface area contributed by atoms with Crippen molar-refractivity contribution < 1.29 is 4.79 Å². The maximum Gasteiger partial charge on any atom is 0.258 e. The molecule has 94 valence electrons. The molecule has 0 saturated heterocycles. The van der Waals surface area contributed by atoms with E-state index in [1.165, 1.54) is 0 Å². The molecule has 5 heteroatoms. The molecular weight excluding hydrogens is 230 g/mol. The number of hydrogen-bond donors (Lipinski definition) is 2. The van der Waals surface area contributed by atoms with Gasteiger partial charge in [-0.2, -0.15) is 0 Å². The predicted octanol–water partition coefficient (Wildman–Crippen LogP) is 0.772. The van der Waals surface area contributed by atoms with E-state index in [2.05, 4.69) is 5.43 Å². The van der Waals surface area contributed by atoms with Crippen molar-refractivity contribution in [2.24, 2.45) is 5.84 Å². The molecule has 3 N–H and O–H groups in total. The maximum absolute atomic E-state index is 12.1. The van der Waals surface area contributed by atoms with Crippen LogP contribution in [0.15, 0.2) is 41.3 Å². The van der Waals surface area contributed by atoms with Crippen molar-refractivity contribution in [1.82, 2.24) is 9.99 Å². The van der Waals surface area contributed by atoms with Gasteiger partial charge in [0.15, 0.2) is 0 Å². The number of rotatable bonds is 4. The van der Waals surface area contributed by atoms with Gasteiger partial charge in [-0.25, -0.2) is 5.84 Å². The Morgan fingerprint density at radius 2 is 2.06 bits per heavy atom. The second kappa shape index (κ2) is 5.46.